The number of aryl methyl sites for hydroxylation is 1. The Kier molecular flexibility index (Phi) is 4.98. The Balaban J connectivity index is 1.93. The number of hydrogen-bond donors (Lipinski definition) is 1. The molecule has 1 unspecified atom stereocenters. The van der Waals surface area contributed by atoms with Crippen LogP contribution < -0.4 is 5.32 Å². The van der Waals surface area contributed by atoms with E-state index in [1.54, 1.807) is 18.0 Å². The summed E-state index contributed by atoms with van der Waals surface area (Å²) in [5.41, 5.74) is 2.90. The van der Waals surface area contributed by atoms with E-state index >= 15 is 0 Å². The van der Waals surface area contributed by atoms with Crippen LogP contribution in [0.3, 0.4) is 0 Å². The molecule has 0 bridgehead atoms. The van der Waals surface area contributed by atoms with E-state index < -0.39 is 0 Å². The van der Waals surface area contributed by atoms with Gasteiger partial charge in [-0.2, -0.15) is 0 Å². The van der Waals surface area contributed by atoms with E-state index in [4.69, 9.17) is 0 Å². The van der Waals surface area contributed by atoms with Crippen molar-refractivity contribution in [3.05, 3.63) is 59.4 Å². The number of pyridine rings is 1. The summed E-state index contributed by atoms with van der Waals surface area (Å²) in [5, 5.41) is 3.38. The number of amides is 1. The number of thioether (sulfide) groups is 1. The summed E-state index contributed by atoms with van der Waals surface area (Å²) in [6.07, 6.45) is 5.64. The largest absolute Gasteiger partial charge is 0.329 e. The molecular formula is C18H21N3OS. The maximum absolute atomic E-state index is 13.1. The summed E-state index contributed by atoms with van der Waals surface area (Å²) in [4.78, 5) is 20.4. The Morgan fingerprint density at radius 1 is 1.39 bits per heavy atom. The maximum atomic E-state index is 13.1. The molecule has 0 aliphatic carbocycles. The Hall–Kier alpha value is -1.85. The summed E-state index contributed by atoms with van der Waals surface area (Å²) in [6, 6.07) is 10.1. The third-order valence-electron chi connectivity index (χ3n) is 4.25. The molecule has 2 aromatic rings. The fraction of sp³-hybridized carbons (Fsp3) is 0.333. The zero-order valence-corrected chi connectivity index (χ0v) is 14.3. The minimum atomic E-state index is 0.0299. The summed E-state index contributed by atoms with van der Waals surface area (Å²) >= 11 is 1.66. The molecule has 1 N–H and O–H groups in total. The van der Waals surface area contributed by atoms with Crippen LogP contribution in [0.25, 0.3) is 0 Å². The zero-order chi connectivity index (χ0) is 16.2. The summed E-state index contributed by atoms with van der Waals surface area (Å²) in [5.74, 6) is 0.105. The first-order valence-electron chi connectivity index (χ1n) is 7.77. The minimum absolute atomic E-state index is 0.0299. The highest BCUT2D eigenvalue weighted by molar-refractivity contribution is 7.98. The fourth-order valence-corrected chi connectivity index (χ4v) is 3.37. The highest BCUT2D eigenvalue weighted by Crippen LogP contribution is 2.26. The van der Waals surface area contributed by atoms with Crippen LogP contribution in [-0.4, -0.2) is 41.7 Å². The summed E-state index contributed by atoms with van der Waals surface area (Å²) in [7, 11) is 0. The van der Waals surface area contributed by atoms with Gasteiger partial charge in [-0.05, 0) is 42.5 Å². The van der Waals surface area contributed by atoms with Crippen LogP contribution in [0.15, 0.2) is 47.6 Å². The van der Waals surface area contributed by atoms with E-state index in [0.29, 0.717) is 6.54 Å². The first kappa shape index (κ1) is 16.0. The predicted octanol–water partition coefficient (Wildman–Crippen LogP) is 2.90. The number of carbonyl (C=O) groups is 1. The Bertz CT molecular complexity index is 690. The van der Waals surface area contributed by atoms with Crippen molar-refractivity contribution in [1.82, 2.24) is 15.2 Å². The molecule has 1 aliphatic heterocycles. The van der Waals surface area contributed by atoms with Gasteiger partial charge in [-0.1, -0.05) is 12.1 Å². The average Bonchev–Trinajstić information content (AvgIpc) is 2.62. The second-order valence-corrected chi connectivity index (χ2v) is 6.57. The lowest BCUT2D eigenvalue weighted by molar-refractivity contribution is 0.0633. The van der Waals surface area contributed by atoms with Crippen LogP contribution >= 0.6 is 11.8 Å². The van der Waals surface area contributed by atoms with Crippen molar-refractivity contribution in [2.24, 2.45) is 0 Å². The van der Waals surface area contributed by atoms with Gasteiger partial charge in [-0.15, -0.1) is 11.8 Å². The van der Waals surface area contributed by atoms with E-state index in [0.717, 1.165) is 34.7 Å². The molecule has 0 spiro atoms. The molecule has 1 atom stereocenters. The second-order valence-electron chi connectivity index (χ2n) is 5.69. The van der Waals surface area contributed by atoms with Crippen molar-refractivity contribution in [1.29, 1.82) is 0 Å². The third-order valence-corrected chi connectivity index (χ3v) is 4.97. The highest BCUT2D eigenvalue weighted by Gasteiger charge is 2.29. The van der Waals surface area contributed by atoms with Crippen molar-refractivity contribution >= 4 is 17.7 Å². The Morgan fingerprint density at radius 3 is 3.00 bits per heavy atom. The van der Waals surface area contributed by atoms with Gasteiger partial charge in [0.05, 0.1) is 6.04 Å². The number of carbonyl (C=O) groups excluding carboxylic acids is 1. The molecule has 1 fully saturated rings. The normalized spacial score (nSPS) is 18.0. The lowest BCUT2D eigenvalue weighted by Crippen LogP contribution is -2.48. The molecule has 23 heavy (non-hydrogen) atoms. The average molecular weight is 327 g/mol. The lowest BCUT2D eigenvalue weighted by Gasteiger charge is -2.36. The van der Waals surface area contributed by atoms with Gasteiger partial charge in [0.1, 0.15) is 0 Å². The molecule has 0 radical (unpaired) electrons. The standard InChI is InChI=1S/C18H21N3OS/c1-13-5-6-15(23-2)10-16(13)18(22)21-9-8-20-12-17(21)14-4-3-7-19-11-14/h3-7,10-11,17,20H,8-9,12H2,1-2H3. The van der Waals surface area contributed by atoms with Crippen LogP contribution in [0, 0.1) is 6.92 Å². The fourth-order valence-electron chi connectivity index (χ4n) is 2.93. The number of hydrogen-bond acceptors (Lipinski definition) is 4. The van der Waals surface area contributed by atoms with Crippen molar-refractivity contribution in [2.45, 2.75) is 17.9 Å². The molecule has 3 rings (SSSR count). The molecule has 1 aromatic heterocycles. The SMILES string of the molecule is CSc1ccc(C)c(C(=O)N2CCNCC2c2cccnc2)c1. The third kappa shape index (κ3) is 3.41. The number of aromatic nitrogens is 1. The molecular weight excluding hydrogens is 306 g/mol. The molecule has 1 amide bonds. The highest BCUT2D eigenvalue weighted by atomic mass is 32.2. The van der Waals surface area contributed by atoms with Gasteiger partial charge in [0, 0.05) is 42.5 Å². The smallest absolute Gasteiger partial charge is 0.254 e. The van der Waals surface area contributed by atoms with E-state index in [9.17, 15) is 4.79 Å². The van der Waals surface area contributed by atoms with E-state index in [2.05, 4.69) is 16.4 Å². The monoisotopic (exact) mass is 327 g/mol. The van der Waals surface area contributed by atoms with E-state index in [1.165, 1.54) is 0 Å². The first-order chi connectivity index (χ1) is 11.2. The summed E-state index contributed by atoms with van der Waals surface area (Å²) < 4.78 is 0. The van der Waals surface area contributed by atoms with Gasteiger partial charge < -0.3 is 10.2 Å². The van der Waals surface area contributed by atoms with E-state index in [1.807, 2.05) is 48.5 Å². The number of rotatable bonds is 3. The van der Waals surface area contributed by atoms with Gasteiger partial charge in [0.15, 0.2) is 0 Å². The van der Waals surface area contributed by atoms with Crippen LogP contribution in [0.2, 0.25) is 0 Å². The first-order valence-corrected chi connectivity index (χ1v) is 8.99. The van der Waals surface area contributed by atoms with Gasteiger partial charge in [0.25, 0.3) is 5.91 Å². The molecule has 120 valence electrons. The van der Waals surface area contributed by atoms with Crippen LogP contribution in [0.5, 0.6) is 0 Å². The van der Waals surface area contributed by atoms with Gasteiger partial charge in [-0.25, -0.2) is 0 Å². The Morgan fingerprint density at radius 2 is 2.26 bits per heavy atom. The molecule has 4 nitrogen and oxygen atoms in total. The number of nitrogens with zero attached hydrogens (tertiary/aromatic N) is 2. The van der Waals surface area contributed by atoms with Gasteiger partial charge in [-0.3, -0.25) is 9.78 Å². The molecule has 1 saturated heterocycles. The van der Waals surface area contributed by atoms with Crippen molar-refractivity contribution in [3.8, 4) is 0 Å². The second kappa shape index (κ2) is 7.15. The molecule has 1 aromatic carbocycles. The van der Waals surface area contributed by atoms with Gasteiger partial charge >= 0.3 is 0 Å². The Labute approximate surface area is 141 Å². The molecule has 5 heteroatoms. The molecule has 0 saturated carbocycles. The van der Waals surface area contributed by atoms with Crippen molar-refractivity contribution in [3.63, 3.8) is 0 Å². The summed E-state index contributed by atoms with van der Waals surface area (Å²) in [6.45, 7) is 4.29. The van der Waals surface area contributed by atoms with Crippen molar-refractivity contribution in [2.75, 3.05) is 25.9 Å². The topological polar surface area (TPSA) is 45.2 Å². The maximum Gasteiger partial charge on any atom is 0.254 e. The molecule has 1 aliphatic rings. The van der Waals surface area contributed by atoms with Crippen LogP contribution in [0.4, 0.5) is 0 Å². The van der Waals surface area contributed by atoms with Crippen molar-refractivity contribution < 1.29 is 4.79 Å². The predicted molar refractivity (Wildman–Crippen MR) is 93.8 cm³/mol. The number of benzene rings is 1. The lowest BCUT2D eigenvalue weighted by atomic mass is 10.0. The van der Waals surface area contributed by atoms with Crippen LogP contribution in [-0.2, 0) is 0 Å². The number of piperazine rings is 1. The van der Waals surface area contributed by atoms with Crippen LogP contribution in [0.1, 0.15) is 27.5 Å². The quantitative estimate of drug-likeness (QED) is 0.881. The zero-order valence-electron chi connectivity index (χ0n) is 13.5. The van der Waals surface area contributed by atoms with E-state index in [-0.39, 0.29) is 11.9 Å². The molecule has 2 heterocycles. The van der Waals surface area contributed by atoms with Gasteiger partial charge in [0.2, 0.25) is 0 Å². The minimum Gasteiger partial charge on any atom is -0.329 e. The number of nitrogens with one attached hydrogen (secondary N) is 1.